The zero-order valence-electron chi connectivity index (χ0n) is 1.26. The van der Waals surface area contributed by atoms with Gasteiger partial charge in [-0.05, 0) is 0 Å². The number of rotatable bonds is 0. The van der Waals surface area contributed by atoms with Gasteiger partial charge in [-0.3, -0.25) is 0 Å². The van der Waals surface area contributed by atoms with Crippen molar-refractivity contribution in [2.45, 2.75) is 0 Å². The molecule has 0 bridgehead atoms. The van der Waals surface area contributed by atoms with Gasteiger partial charge in [0, 0.05) is 84.2 Å². The second-order valence-electron chi connectivity index (χ2n) is 0. The second kappa shape index (κ2) is 17.2. The summed E-state index contributed by atoms with van der Waals surface area (Å²) >= 11 is 0. The van der Waals surface area contributed by atoms with E-state index in [1.54, 1.807) is 0 Å². The van der Waals surface area contributed by atoms with Crippen LogP contribution in [-0.4, -0.2) is 0 Å². The van der Waals surface area contributed by atoms with Crippen LogP contribution in [0.5, 0.6) is 0 Å². The predicted molar refractivity (Wildman–Crippen MR) is 0 cm³/mol. The number of hydrogen-bond acceptors (Lipinski definition) is 0. The molecule has 0 heterocycles. The first-order valence-corrected chi connectivity index (χ1v) is 0. The summed E-state index contributed by atoms with van der Waals surface area (Å²) in [6, 6.07) is 0. The molecule has 0 aliphatic carbocycles. The van der Waals surface area contributed by atoms with Crippen molar-refractivity contribution in [2.75, 3.05) is 0 Å². The minimum Gasteiger partial charge on any atom is 0 e. The Morgan fingerprint density at radius 3 is 0.500 bits per heavy atom. The maximum Gasteiger partial charge on any atom is 0 e. The molecule has 3 radical (unpaired) electrons. The first kappa shape index (κ1) is 29.6. The summed E-state index contributed by atoms with van der Waals surface area (Å²) in [5.41, 5.74) is 0. The Bertz CT molecular complexity index is 3.25. The predicted octanol–water partition coefficient (Wildman–Crippen LogP) is -0.0100. The summed E-state index contributed by atoms with van der Waals surface area (Å²) in [7, 11) is 0. The van der Waals surface area contributed by atoms with Gasteiger partial charge in [0.05, 0.1) is 0 Å². The minimum atomic E-state index is 0. The fraction of sp³-hybridized carbons (Fsp3) is 0. The van der Waals surface area contributed by atoms with E-state index >= 15 is 0 Å². The Labute approximate surface area is 82.9 Å². The Morgan fingerprint density at radius 1 is 0.500 bits per heavy atom. The average molecular weight is 647 g/mol. The fourth-order valence-corrected chi connectivity index (χ4v) is 0. The van der Waals surface area contributed by atoms with E-state index in [9.17, 15) is 0 Å². The zero-order valence-corrected chi connectivity index (χ0v) is 8.86. The van der Waals surface area contributed by atoms with E-state index in [0.29, 0.717) is 0 Å². The first-order valence-electron chi connectivity index (χ1n) is 0. The molecule has 0 rings (SSSR count). The summed E-state index contributed by atoms with van der Waals surface area (Å²) in [6.45, 7) is 0. The standard InChI is InChI=1S/3Au.Fe. The fourth-order valence-electron chi connectivity index (χ4n) is 0. The molecule has 0 aromatic heterocycles. The molecule has 0 unspecified atom stereocenters. The van der Waals surface area contributed by atoms with Crippen molar-refractivity contribution in [3.05, 3.63) is 0 Å². The smallest absolute Gasteiger partial charge is 0 e. The Kier molecular flexibility index (Phi) is 127. The summed E-state index contributed by atoms with van der Waals surface area (Å²) in [6.07, 6.45) is 0. The van der Waals surface area contributed by atoms with E-state index in [0.717, 1.165) is 0 Å². The molecule has 0 aliphatic heterocycles. The molecular formula is Au3Fe. The molecule has 0 N–H and O–H groups in total. The summed E-state index contributed by atoms with van der Waals surface area (Å²) < 4.78 is 0. The molecule has 0 spiro atoms. The average Bonchev–Trinajstić information content (AvgIpc) is 0. The van der Waals surface area contributed by atoms with Crippen molar-refractivity contribution in [3.8, 4) is 0 Å². The molecule has 41 valence electrons. The van der Waals surface area contributed by atoms with Crippen molar-refractivity contribution in [3.63, 3.8) is 0 Å². The van der Waals surface area contributed by atoms with Gasteiger partial charge < -0.3 is 0 Å². The van der Waals surface area contributed by atoms with Gasteiger partial charge in [-0.1, -0.05) is 0 Å². The summed E-state index contributed by atoms with van der Waals surface area (Å²) in [4.78, 5) is 0. The van der Waals surface area contributed by atoms with Crippen molar-refractivity contribution in [1.29, 1.82) is 0 Å². The van der Waals surface area contributed by atoms with Crippen LogP contribution in [0.4, 0.5) is 0 Å². The third-order valence-electron chi connectivity index (χ3n) is 0. The molecule has 0 amide bonds. The monoisotopic (exact) mass is 647 g/mol. The minimum absolute atomic E-state index is 0. The quantitative estimate of drug-likeness (QED) is 0.325. The third kappa shape index (κ3) is 8.83. The van der Waals surface area contributed by atoms with Crippen LogP contribution < -0.4 is 0 Å². The molecule has 0 saturated heterocycles. The van der Waals surface area contributed by atoms with E-state index < -0.39 is 0 Å². The van der Waals surface area contributed by atoms with Crippen LogP contribution in [0, 0.1) is 0 Å². The van der Waals surface area contributed by atoms with E-state index in [1.165, 1.54) is 0 Å². The van der Waals surface area contributed by atoms with E-state index in [-0.39, 0.29) is 84.2 Å². The van der Waals surface area contributed by atoms with Gasteiger partial charge in [0.2, 0.25) is 0 Å². The molecule has 0 atom stereocenters. The summed E-state index contributed by atoms with van der Waals surface area (Å²) in [5.74, 6) is 0. The van der Waals surface area contributed by atoms with Crippen LogP contribution in [0.25, 0.3) is 0 Å². The van der Waals surface area contributed by atoms with E-state index in [2.05, 4.69) is 0 Å². The van der Waals surface area contributed by atoms with Gasteiger partial charge in [0.1, 0.15) is 0 Å². The first-order chi connectivity index (χ1) is 0. The Balaban J connectivity index is 0. The van der Waals surface area contributed by atoms with Crippen LogP contribution in [0.2, 0.25) is 0 Å². The topological polar surface area (TPSA) is 0 Å². The zero-order chi connectivity index (χ0) is 0. The molecular weight excluding hydrogens is 647 g/mol. The van der Waals surface area contributed by atoms with Gasteiger partial charge in [0.25, 0.3) is 0 Å². The molecule has 0 aliphatic rings. The van der Waals surface area contributed by atoms with Crippen molar-refractivity contribution in [2.24, 2.45) is 0 Å². The van der Waals surface area contributed by atoms with Crippen LogP contribution in [0.15, 0.2) is 0 Å². The van der Waals surface area contributed by atoms with E-state index in [1.807, 2.05) is 0 Å². The van der Waals surface area contributed by atoms with Crippen LogP contribution >= 0.6 is 0 Å². The van der Waals surface area contributed by atoms with Gasteiger partial charge in [-0.25, -0.2) is 0 Å². The Hall–Kier alpha value is 2.74. The second-order valence-corrected chi connectivity index (χ2v) is 0. The maximum atomic E-state index is 0. The molecule has 0 saturated carbocycles. The van der Waals surface area contributed by atoms with Crippen molar-refractivity contribution in [1.82, 2.24) is 0 Å². The van der Waals surface area contributed by atoms with Crippen LogP contribution in [0.1, 0.15) is 0 Å². The summed E-state index contributed by atoms with van der Waals surface area (Å²) in [5, 5.41) is 0. The van der Waals surface area contributed by atoms with Crippen molar-refractivity contribution >= 4 is 0 Å². The molecule has 0 aromatic rings. The van der Waals surface area contributed by atoms with Crippen LogP contribution in [0.3, 0.4) is 0 Å². The molecule has 0 aromatic carbocycles. The maximum absolute atomic E-state index is 0. The molecule has 0 fully saturated rings. The van der Waals surface area contributed by atoms with Gasteiger partial charge in [-0.15, -0.1) is 0 Å². The molecule has 0 nitrogen and oxygen atoms in total. The largest absolute Gasteiger partial charge is 0 e. The number of hydrogen-bond donors (Lipinski definition) is 0. The normalized spacial score (nSPS) is 0. The van der Waals surface area contributed by atoms with Gasteiger partial charge in [0.15, 0.2) is 0 Å². The van der Waals surface area contributed by atoms with Crippen LogP contribution in [-0.2, 0) is 84.2 Å². The van der Waals surface area contributed by atoms with E-state index in [4.69, 9.17) is 0 Å². The van der Waals surface area contributed by atoms with Gasteiger partial charge in [-0.2, -0.15) is 0 Å². The molecule has 4 heteroatoms. The van der Waals surface area contributed by atoms with Crippen molar-refractivity contribution < 1.29 is 84.2 Å². The third-order valence-corrected chi connectivity index (χ3v) is 0. The Morgan fingerprint density at radius 2 is 0.500 bits per heavy atom. The SMILES string of the molecule is [Au].[Au].[Au].[Fe]. The molecule has 4 heavy (non-hydrogen) atoms. The van der Waals surface area contributed by atoms with Gasteiger partial charge >= 0.3 is 0 Å².